The van der Waals surface area contributed by atoms with E-state index in [1.165, 1.54) is 0 Å². The highest BCUT2D eigenvalue weighted by Gasteiger charge is 2.56. The first-order valence-corrected chi connectivity index (χ1v) is 4.59. The maximum Gasteiger partial charge on any atom is 0.434 e. The lowest BCUT2D eigenvalue weighted by molar-refractivity contribution is -0.0364. The molecule has 14 heavy (non-hydrogen) atoms. The van der Waals surface area contributed by atoms with E-state index < -0.39 is 11.7 Å². The zero-order valence-corrected chi connectivity index (χ0v) is 9.20. The number of ether oxygens (including phenoxy) is 1. The Kier molecular flexibility index (Phi) is 2.29. The molecule has 0 bridgehead atoms. The van der Waals surface area contributed by atoms with Gasteiger partial charge < -0.3 is 4.74 Å². The molecule has 1 aliphatic rings. The molecule has 0 aromatic carbocycles. The van der Waals surface area contributed by atoms with E-state index in [1.807, 2.05) is 27.7 Å². The van der Waals surface area contributed by atoms with E-state index in [1.54, 1.807) is 6.92 Å². The normalized spacial score (nSPS) is 33.1. The zero-order chi connectivity index (χ0) is 11.1. The highest BCUT2D eigenvalue weighted by atomic mass is 16.6. The van der Waals surface area contributed by atoms with Crippen LogP contribution in [0.1, 0.15) is 34.6 Å². The van der Waals surface area contributed by atoms with Crippen LogP contribution in [-0.4, -0.2) is 22.7 Å². The molecule has 5 heteroatoms. The minimum atomic E-state index is -0.683. The van der Waals surface area contributed by atoms with Gasteiger partial charge in [-0.05, 0) is 13.8 Å². The van der Waals surface area contributed by atoms with E-state index in [0.29, 0.717) is 0 Å². The van der Waals surface area contributed by atoms with Gasteiger partial charge in [0.2, 0.25) is 0 Å². The number of cyclic esters (lactones) is 1. The van der Waals surface area contributed by atoms with E-state index in [9.17, 15) is 9.70 Å². The number of nitroso groups, excluding NO2 is 1. The smallest absolute Gasteiger partial charge is 0.434 e. The third kappa shape index (κ3) is 1.27. The molecule has 0 unspecified atom stereocenters. The van der Waals surface area contributed by atoms with Gasteiger partial charge in [-0.15, -0.1) is 4.91 Å². The van der Waals surface area contributed by atoms with Gasteiger partial charge in [-0.25, -0.2) is 4.79 Å². The van der Waals surface area contributed by atoms with Crippen LogP contribution in [0.3, 0.4) is 0 Å². The molecule has 1 saturated heterocycles. The third-order valence-corrected chi connectivity index (χ3v) is 3.23. The zero-order valence-electron chi connectivity index (χ0n) is 9.20. The van der Waals surface area contributed by atoms with Crippen LogP contribution < -0.4 is 0 Å². The van der Waals surface area contributed by atoms with Crippen molar-refractivity contribution in [3.63, 3.8) is 0 Å². The number of amides is 1. The van der Waals surface area contributed by atoms with Crippen LogP contribution in [0.25, 0.3) is 0 Å². The number of carbonyl (C=O) groups excluding carboxylic acids is 1. The summed E-state index contributed by atoms with van der Waals surface area (Å²) in [6.45, 7) is 9.47. The molecule has 1 aliphatic heterocycles. The van der Waals surface area contributed by atoms with Crippen LogP contribution in [0, 0.1) is 10.3 Å². The SMILES string of the molecule is C[C@H]1N(N=O)C(=O)O[C@@]1(C)C(C)(C)C. The monoisotopic (exact) mass is 200 g/mol. The number of nitrogens with zero attached hydrogens (tertiary/aromatic N) is 2. The van der Waals surface area contributed by atoms with E-state index in [2.05, 4.69) is 5.29 Å². The molecule has 1 rings (SSSR count). The predicted molar refractivity (Wildman–Crippen MR) is 51.4 cm³/mol. The summed E-state index contributed by atoms with van der Waals surface area (Å²) >= 11 is 0. The first-order valence-electron chi connectivity index (χ1n) is 4.59. The molecule has 2 atom stereocenters. The van der Waals surface area contributed by atoms with Gasteiger partial charge in [0.25, 0.3) is 0 Å². The second-order valence-corrected chi connectivity index (χ2v) is 4.83. The summed E-state index contributed by atoms with van der Waals surface area (Å²) < 4.78 is 5.22. The molecule has 0 aromatic heterocycles. The van der Waals surface area contributed by atoms with Gasteiger partial charge >= 0.3 is 6.09 Å². The molecular formula is C9H16N2O3. The van der Waals surface area contributed by atoms with Gasteiger partial charge in [-0.1, -0.05) is 20.8 Å². The average Bonchev–Trinajstić information content (AvgIpc) is 2.23. The first kappa shape index (κ1) is 10.9. The summed E-state index contributed by atoms with van der Waals surface area (Å²) in [5, 5.41) is 3.52. The maximum absolute atomic E-state index is 11.3. The van der Waals surface area contributed by atoms with Crippen LogP contribution in [0.15, 0.2) is 5.29 Å². The summed E-state index contributed by atoms with van der Waals surface area (Å²) in [5.74, 6) is 0. The quantitative estimate of drug-likeness (QED) is 0.610. The average molecular weight is 200 g/mol. The number of rotatable bonds is 1. The summed E-state index contributed by atoms with van der Waals surface area (Å²) in [4.78, 5) is 21.7. The molecule has 5 nitrogen and oxygen atoms in total. The lowest BCUT2D eigenvalue weighted by Crippen LogP contribution is -2.49. The van der Waals surface area contributed by atoms with Gasteiger partial charge in [-0.2, -0.15) is 5.01 Å². The Bertz CT molecular complexity index is 272. The maximum atomic E-state index is 11.3. The third-order valence-electron chi connectivity index (χ3n) is 3.23. The fourth-order valence-corrected chi connectivity index (χ4v) is 1.59. The van der Waals surface area contributed by atoms with Crippen LogP contribution >= 0.6 is 0 Å². The van der Waals surface area contributed by atoms with E-state index in [-0.39, 0.29) is 11.5 Å². The molecule has 0 N–H and O–H groups in total. The van der Waals surface area contributed by atoms with Crippen LogP contribution in [0.2, 0.25) is 0 Å². The molecule has 1 heterocycles. The van der Waals surface area contributed by atoms with Crippen LogP contribution in [-0.2, 0) is 4.74 Å². The molecule has 0 spiro atoms. The molecule has 1 fully saturated rings. The number of hydrogen-bond donors (Lipinski definition) is 0. The molecule has 0 aliphatic carbocycles. The Hall–Kier alpha value is -1.13. The van der Waals surface area contributed by atoms with Gasteiger partial charge in [0, 0.05) is 5.41 Å². The molecular weight excluding hydrogens is 184 g/mol. The Morgan fingerprint density at radius 3 is 2.21 bits per heavy atom. The Balaban J connectivity index is 3.06. The second kappa shape index (κ2) is 2.93. The van der Waals surface area contributed by atoms with Crippen molar-refractivity contribution in [3.8, 4) is 0 Å². The minimum absolute atomic E-state index is 0.235. The Labute approximate surface area is 83.4 Å². The van der Waals surface area contributed by atoms with Gasteiger partial charge in [-0.3, -0.25) is 0 Å². The van der Waals surface area contributed by atoms with Crippen LogP contribution in [0.5, 0.6) is 0 Å². The summed E-state index contributed by atoms with van der Waals surface area (Å²) in [6, 6.07) is -0.340. The van der Waals surface area contributed by atoms with Crippen molar-refractivity contribution in [1.29, 1.82) is 0 Å². The lowest BCUT2D eigenvalue weighted by atomic mass is 9.74. The molecule has 80 valence electrons. The van der Waals surface area contributed by atoms with Crippen molar-refractivity contribution in [2.75, 3.05) is 0 Å². The van der Waals surface area contributed by atoms with Crippen molar-refractivity contribution in [3.05, 3.63) is 4.91 Å². The lowest BCUT2D eigenvalue weighted by Gasteiger charge is -2.39. The molecule has 1 amide bonds. The Morgan fingerprint density at radius 2 is 2.00 bits per heavy atom. The summed E-state index contributed by atoms with van der Waals surface area (Å²) in [7, 11) is 0. The minimum Gasteiger partial charge on any atom is -0.439 e. The topological polar surface area (TPSA) is 59.0 Å². The molecule has 0 radical (unpaired) electrons. The standard InChI is InChI=1S/C9H16N2O3/c1-6-9(5,8(2,3)4)14-7(12)11(6)10-13/h6H,1-5H3/t6-,9-/m1/s1. The number of hydrogen-bond acceptors (Lipinski definition) is 4. The Morgan fingerprint density at radius 1 is 1.50 bits per heavy atom. The largest absolute Gasteiger partial charge is 0.439 e. The molecule has 0 saturated carbocycles. The van der Waals surface area contributed by atoms with E-state index >= 15 is 0 Å². The molecule has 0 aromatic rings. The summed E-state index contributed by atoms with van der Waals surface area (Å²) in [5.41, 5.74) is -0.917. The highest BCUT2D eigenvalue weighted by Crippen LogP contribution is 2.43. The van der Waals surface area contributed by atoms with Crippen LogP contribution in [0.4, 0.5) is 4.79 Å². The van der Waals surface area contributed by atoms with E-state index in [4.69, 9.17) is 4.74 Å². The van der Waals surface area contributed by atoms with E-state index in [0.717, 1.165) is 5.01 Å². The van der Waals surface area contributed by atoms with Crippen molar-refractivity contribution < 1.29 is 9.53 Å². The first-order chi connectivity index (χ1) is 6.24. The van der Waals surface area contributed by atoms with Gasteiger partial charge in [0.05, 0.1) is 11.3 Å². The predicted octanol–water partition coefficient (Wildman–Crippen LogP) is 2.31. The van der Waals surface area contributed by atoms with Gasteiger partial charge in [0.15, 0.2) is 0 Å². The highest BCUT2D eigenvalue weighted by molar-refractivity contribution is 5.71. The fraction of sp³-hybridized carbons (Fsp3) is 0.889. The van der Waals surface area contributed by atoms with Crippen molar-refractivity contribution in [2.45, 2.75) is 46.3 Å². The van der Waals surface area contributed by atoms with Gasteiger partial charge in [0.1, 0.15) is 5.60 Å². The van der Waals surface area contributed by atoms with Crippen molar-refractivity contribution >= 4 is 6.09 Å². The van der Waals surface area contributed by atoms with Crippen molar-refractivity contribution in [2.24, 2.45) is 10.7 Å². The number of carbonyl (C=O) groups is 1. The van der Waals surface area contributed by atoms with Crippen molar-refractivity contribution in [1.82, 2.24) is 5.01 Å². The second-order valence-electron chi connectivity index (χ2n) is 4.83. The fourth-order valence-electron chi connectivity index (χ4n) is 1.59. The summed E-state index contributed by atoms with van der Waals surface area (Å²) in [6.07, 6.45) is -0.662.